The maximum absolute atomic E-state index is 11.7. The van der Waals surface area contributed by atoms with Crippen LogP contribution in [0.2, 0.25) is 0 Å². The van der Waals surface area contributed by atoms with Gasteiger partial charge in [0.05, 0.1) is 10.9 Å². The van der Waals surface area contributed by atoms with Crippen molar-refractivity contribution >= 4 is 39.5 Å². The summed E-state index contributed by atoms with van der Waals surface area (Å²) in [6.45, 7) is 2.07. The molecule has 3 heterocycles. The van der Waals surface area contributed by atoms with Gasteiger partial charge in [0.15, 0.2) is 0 Å². The van der Waals surface area contributed by atoms with Crippen molar-refractivity contribution < 1.29 is 9.90 Å². The Morgan fingerprint density at radius 1 is 1.36 bits per heavy atom. The molecule has 2 unspecified atom stereocenters. The van der Waals surface area contributed by atoms with E-state index in [1.807, 2.05) is 31.3 Å². The van der Waals surface area contributed by atoms with E-state index in [-0.39, 0.29) is 5.25 Å². The molecule has 28 heavy (non-hydrogen) atoms. The monoisotopic (exact) mass is 458 g/mol. The summed E-state index contributed by atoms with van der Waals surface area (Å²) < 4.78 is 2.74. The Kier molecular flexibility index (Phi) is 5.16. The fourth-order valence-corrected chi connectivity index (χ4v) is 5.37. The molecule has 1 aliphatic rings. The van der Waals surface area contributed by atoms with Crippen LogP contribution in [0.5, 0.6) is 0 Å². The second-order valence-electron chi connectivity index (χ2n) is 6.70. The third-order valence-corrected chi connectivity index (χ3v) is 6.65. The lowest BCUT2D eigenvalue weighted by Crippen LogP contribution is -2.31. The highest BCUT2D eigenvalue weighted by atomic mass is 79.9. The number of nitrogens with one attached hydrogen (secondary N) is 1. The van der Waals surface area contributed by atoms with Gasteiger partial charge in [0.2, 0.25) is 0 Å². The number of hydrogen-bond acceptors (Lipinski definition) is 5. The molecule has 3 aromatic rings. The predicted molar refractivity (Wildman–Crippen MR) is 115 cm³/mol. The Bertz CT molecular complexity index is 1040. The predicted octanol–water partition coefficient (Wildman–Crippen LogP) is 4.25. The molecule has 0 bridgehead atoms. The number of rotatable bonds is 3. The van der Waals surface area contributed by atoms with Crippen LogP contribution in [0.3, 0.4) is 0 Å². The minimum absolute atomic E-state index is 0.0503. The van der Waals surface area contributed by atoms with Crippen molar-refractivity contribution in [2.45, 2.75) is 18.2 Å². The van der Waals surface area contributed by atoms with Crippen LogP contribution in [0.25, 0.3) is 11.4 Å². The molecule has 0 aliphatic carbocycles. The molecule has 2 N–H and O–H groups in total. The van der Waals surface area contributed by atoms with Gasteiger partial charge in [0.1, 0.15) is 17.6 Å². The number of pyridine rings is 1. The lowest BCUT2D eigenvalue weighted by atomic mass is 9.98. The van der Waals surface area contributed by atoms with E-state index in [1.165, 1.54) is 0 Å². The number of carbonyl (C=O) groups is 1. The van der Waals surface area contributed by atoms with E-state index in [0.717, 1.165) is 38.4 Å². The van der Waals surface area contributed by atoms with Crippen LogP contribution in [-0.2, 0) is 11.8 Å². The van der Waals surface area contributed by atoms with E-state index in [2.05, 4.69) is 45.3 Å². The second kappa shape index (κ2) is 7.60. The molecule has 0 spiro atoms. The van der Waals surface area contributed by atoms with Crippen LogP contribution in [0.1, 0.15) is 21.9 Å². The molecule has 0 radical (unpaired) electrons. The van der Waals surface area contributed by atoms with Crippen LogP contribution in [-0.4, -0.2) is 37.6 Å². The van der Waals surface area contributed by atoms with Crippen molar-refractivity contribution in [3.05, 3.63) is 63.8 Å². The Balaban J connectivity index is 1.93. The largest absolute Gasteiger partial charge is 0.480 e. The number of hydrogen-bond donors (Lipinski definition) is 2. The first kappa shape index (κ1) is 19.0. The number of carboxylic acids is 1. The van der Waals surface area contributed by atoms with Gasteiger partial charge < -0.3 is 10.4 Å². The van der Waals surface area contributed by atoms with E-state index in [4.69, 9.17) is 5.10 Å². The highest BCUT2D eigenvalue weighted by Gasteiger charge is 2.34. The summed E-state index contributed by atoms with van der Waals surface area (Å²) in [5.41, 5.74) is 4.81. The average Bonchev–Trinajstić information content (AvgIpc) is 2.86. The molecule has 4 rings (SSSR count). The van der Waals surface area contributed by atoms with Crippen LogP contribution < -0.4 is 5.32 Å². The van der Waals surface area contributed by atoms with Crippen LogP contribution >= 0.6 is 27.7 Å². The van der Waals surface area contributed by atoms with Crippen molar-refractivity contribution in [1.29, 1.82) is 0 Å². The highest BCUT2D eigenvalue weighted by Crippen LogP contribution is 2.47. The van der Waals surface area contributed by atoms with Crippen LogP contribution in [0.4, 0.5) is 5.82 Å². The molecule has 0 saturated carbocycles. The maximum Gasteiger partial charge on any atom is 0.327 e. The molecule has 0 saturated heterocycles. The summed E-state index contributed by atoms with van der Waals surface area (Å²) in [7, 11) is 1.83. The van der Waals surface area contributed by atoms with Crippen molar-refractivity contribution in [3.8, 4) is 11.4 Å². The van der Waals surface area contributed by atoms with Gasteiger partial charge in [0.25, 0.3) is 0 Å². The quantitative estimate of drug-likeness (QED) is 0.610. The van der Waals surface area contributed by atoms with Gasteiger partial charge in [0, 0.05) is 29.0 Å². The minimum Gasteiger partial charge on any atom is -0.480 e. The zero-order chi connectivity index (χ0) is 19.8. The molecule has 6 nitrogen and oxygen atoms in total. The van der Waals surface area contributed by atoms with E-state index >= 15 is 0 Å². The SMILES string of the molecule is Cc1cc(Br)ccc1C1SCC(C(=O)O)Nc2c1c(-c1ccccn1)nn2C. The maximum atomic E-state index is 11.7. The first-order valence-corrected chi connectivity index (χ1v) is 10.6. The summed E-state index contributed by atoms with van der Waals surface area (Å²) in [4.78, 5) is 16.2. The lowest BCUT2D eigenvalue weighted by molar-refractivity contribution is -0.137. The number of aliphatic carboxylic acids is 1. The van der Waals surface area contributed by atoms with E-state index < -0.39 is 12.0 Å². The molecule has 1 aliphatic heterocycles. The number of anilines is 1. The number of thioether (sulfide) groups is 1. The Morgan fingerprint density at radius 3 is 2.86 bits per heavy atom. The zero-order valence-corrected chi connectivity index (χ0v) is 17.8. The van der Waals surface area contributed by atoms with Gasteiger partial charge in [-0.15, -0.1) is 11.8 Å². The first-order valence-electron chi connectivity index (χ1n) is 8.81. The van der Waals surface area contributed by atoms with Crippen molar-refractivity contribution in [3.63, 3.8) is 0 Å². The molecule has 8 heteroatoms. The molecular weight excluding hydrogens is 440 g/mol. The molecule has 0 fully saturated rings. The minimum atomic E-state index is -0.868. The number of aryl methyl sites for hydroxylation is 2. The molecule has 0 amide bonds. The molecular formula is C20H19BrN4O2S. The fraction of sp³-hybridized carbons (Fsp3) is 0.250. The molecule has 2 atom stereocenters. The van der Waals surface area contributed by atoms with Crippen molar-refractivity contribution in [2.75, 3.05) is 11.1 Å². The molecule has 144 valence electrons. The molecule has 2 aromatic heterocycles. The summed E-state index contributed by atoms with van der Waals surface area (Å²) in [6, 6.07) is 11.2. The fourth-order valence-electron chi connectivity index (χ4n) is 3.45. The number of nitrogens with zero attached hydrogens (tertiary/aromatic N) is 3. The van der Waals surface area contributed by atoms with Gasteiger partial charge in [-0.25, -0.2) is 4.79 Å². The van der Waals surface area contributed by atoms with Gasteiger partial charge in [-0.1, -0.05) is 28.1 Å². The van der Waals surface area contributed by atoms with Gasteiger partial charge in [-0.2, -0.15) is 5.10 Å². The zero-order valence-electron chi connectivity index (χ0n) is 15.4. The van der Waals surface area contributed by atoms with Gasteiger partial charge in [-0.3, -0.25) is 9.67 Å². The summed E-state index contributed by atoms with van der Waals surface area (Å²) >= 11 is 5.15. The number of aromatic nitrogens is 3. The van der Waals surface area contributed by atoms with E-state index in [0.29, 0.717) is 5.75 Å². The van der Waals surface area contributed by atoms with E-state index in [1.54, 1.807) is 22.6 Å². The summed E-state index contributed by atoms with van der Waals surface area (Å²) in [6.07, 6.45) is 1.74. The smallest absolute Gasteiger partial charge is 0.327 e. The van der Waals surface area contributed by atoms with E-state index in [9.17, 15) is 9.90 Å². The highest BCUT2D eigenvalue weighted by molar-refractivity contribution is 9.10. The lowest BCUT2D eigenvalue weighted by Gasteiger charge is -2.18. The summed E-state index contributed by atoms with van der Waals surface area (Å²) in [5.74, 6) is 0.309. The Hall–Kier alpha value is -2.32. The molecule has 1 aromatic carbocycles. The number of fused-ring (bicyclic) bond motifs is 1. The first-order chi connectivity index (χ1) is 13.5. The third-order valence-electron chi connectivity index (χ3n) is 4.81. The number of carboxylic acid groups (broad SMARTS) is 1. The number of benzene rings is 1. The van der Waals surface area contributed by atoms with Crippen LogP contribution in [0.15, 0.2) is 47.1 Å². The number of halogens is 1. The topological polar surface area (TPSA) is 80.0 Å². The van der Waals surface area contributed by atoms with Gasteiger partial charge >= 0.3 is 5.97 Å². The van der Waals surface area contributed by atoms with Crippen molar-refractivity contribution in [2.24, 2.45) is 7.05 Å². The standard InChI is InChI=1S/C20H19BrN4O2S/c1-11-9-12(21)6-7-13(11)18-16-17(14-5-3-4-8-22-14)24-25(2)19(16)23-15(10-28-18)20(26)27/h3-9,15,18,23H,10H2,1-2H3,(H,26,27). The average molecular weight is 459 g/mol. The summed E-state index contributed by atoms with van der Waals surface area (Å²) in [5, 5.41) is 17.5. The third kappa shape index (κ3) is 3.42. The van der Waals surface area contributed by atoms with Gasteiger partial charge in [-0.05, 0) is 42.3 Å². The normalized spacial score (nSPS) is 18.8. The Labute approximate surface area is 175 Å². The second-order valence-corrected chi connectivity index (χ2v) is 8.75. The van der Waals surface area contributed by atoms with Crippen molar-refractivity contribution in [1.82, 2.24) is 14.8 Å². The van der Waals surface area contributed by atoms with Crippen LogP contribution in [0, 0.1) is 6.92 Å². The Morgan fingerprint density at radius 2 is 2.18 bits per heavy atom.